The number of aliphatic hydroxyl groups excluding tert-OH is 1. The van der Waals surface area contributed by atoms with E-state index in [1.807, 2.05) is 0 Å². The van der Waals surface area contributed by atoms with Crippen LogP contribution in [0.5, 0.6) is 17.2 Å². The molecule has 0 spiro atoms. The second-order valence-corrected chi connectivity index (χ2v) is 8.31. The molecule has 9 nitrogen and oxygen atoms in total. The van der Waals surface area contributed by atoms with Gasteiger partial charge in [0.1, 0.15) is 24.7 Å². The molecular formula is C28H23NO8. The van der Waals surface area contributed by atoms with Gasteiger partial charge in [0.2, 0.25) is 0 Å². The maximum Gasteiger partial charge on any atom is 0.337 e. The van der Waals surface area contributed by atoms with Crippen molar-refractivity contribution < 1.29 is 38.4 Å². The summed E-state index contributed by atoms with van der Waals surface area (Å²) in [6.45, 7) is 0.751. The molecule has 1 amide bonds. The van der Waals surface area contributed by atoms with Crippen LogP contribution in [-0.4, -0.2) is 50.2 Å². The monoisotopic (exact) mass is 501 g/mol. The van der Waals surface area contributed by atoms with Crippen molar-refractivity contribution in [3.8, 4) is 17.2 Å². The number of nitrogens with zero attached hydrogens (tertiary/aromatic N) is 1. The van der Waals surface area contributed by atoms with Crippen molar-refractivity contribution in [2.75, 3.05) is 32.3 Å². The highest BCUT2D eigenvalue weighted by Crippen LogP contribution is 2.45. The van der Waals surface area contributed by atoms with Crippen molar-refractivity contribution in [3.05, 3.63) is 89.0 Å². The molecule has 0 aromatic heterocycles. The van der Waals surface area contributed by atoms with Gasteiger partial charge in [0.15, 0.2) is 11.5 Å². The van der Waals surface area contributed by atoms with Crippen molar-refractivity contribution in [3.63, 3.8) is 0 Å². The summed E-state index contributed by atoms with van der Waals surface area (Å²) in [5, 5.41) is 11.4. The molecule has 2 aliphatic heterocycles. The predicted molar refractivity (Wildman–Crippen MR) is 133 cm³/mol. The molecule has 1 fully saturated rings. The van der Waals surface area contributed by atoms with Gasteiger partial charge >= 0.3 is 5.97 Å². The average Bonchev–Trinajstić information content (AvgIpc) is 3.21. The molecule has 9 heteroatoms. The van der Waals surface area contributed by atoms with E-state index in [2.05, 4.69) is 0 Å². The van der Waals surface area contributed by atoms with Crippen molar-refractivity contribution >= 4 is 29.1 Å². The van der Waals surface area contributed by atoms with Crippen LogP contribution in [0.4, 0.5) is 5.69 Å². The fourth-order valence-corrected chi connectivity index (χ4v) is 4.53. The third kappa shape index (κ3) is 4.14. The van der Waals surface area contributed by atoms with Crippen LogP contribution in [-0.2, 0) is 14.3 Å². The Labute approximate surface area is 212 Å². The minimum absolute atomic E-state index is 0.130. The van der Waals surface area contributed by atoms with E-state index in [1.165, 1.54) is 25.2 Å². The number of aliphatic hydroxyl groups is 1. The Morgan fingerprint density at radius 1 is 0.919 bits per heavy atom. The Hall–Kier alpha value is -4.79. The normalized spacial score (nSPS) is 18.0. The van der Waals surface area contributed by atoms with E-state index in [0.717, 1.165) is 0 Å². The molecule has 0 saturated carbocycles. The van der Waals surface area contributed by atoms with E-state index in [9.17, 15) is 19.5 Å². The molecule has 3 aromatic rings. The third-order valence-electron chi connectivity index (χ3n) is 6.24. The number of anilines is 1. The minimum Gasteiger partial charge on any atom is -0.507 e. The number of hydrogen-bond donors (Lipinski definition) is 1. The van der Waals surface area contributed by atoms with Crippen LogP contribution in [0.3, 0.4) is 0 Å². The summed E-state index contributed by atoms with van der Waals surface area (Å²) in [6, 6.07) is 16.8. The number of fused-ring (bicyclic) bond motifs is 1. The van der Waals surface area contributed by atoms with Gasteiger partial charge in [-0.05, 0) is 42.5 Å². The molecule has 1 atom stereocenters. The number of amides is 1. The first-order chi connectivity index (χ1) is 17.9. The van der Waals surface area contributed by atoms with Gasteiger partial charge in [-0.3, -0.25) is 14.5 Å². The fraction of sp³-hybridized carbons (Fsp3) is 0.179. The lowest BCUT2D eigenvalue weighted by atomic mass is 9.94. The summed E-state index contributed by atoms with van der Waals surface area (Å²) in [4.78, 5) is 40.3. The number of ether oxygens (including phenoxy) is 4. The second-order valence-electron chi connectivity index (χ2n) is 8.31. The first-order valence-corrected chi connectivity index (χ1v) is 11.5. The largest absolute Gasteiger partial charge is 0.507 e. The Bertz CT molecular complexity index is 1440. The molecule has 1 N–H and O–H groups in total. The van der Waals surface area contributed by atoms with E-state index < -0.39 is 23.7 Å². The number of carbonyl (C=O) groups is 3. The summed E-state index contributed by atoms with van der Waals surface area (Å²) < 4.78 is 21.5. The molecule has 188 valence electrons. The predicted octanol–water partition coefficient (Wildman–Crippen LogP) is 3.88. The maximum absolute atomic E-state index is 13.5. The maximum atomic E-state index is 13.5. The van der Waals surface area contributed by atoms with E-state index in [4.69, 9.17) is 18.9 Å². The standard InChI is InChI=1S/C28H23NO8/c1-34-20-9-4-3-8-19(20)24-23(25(30)16-10-11-21-22(15-16)37-13-12-36-21)26(31)27(32)29(24)18-7-5-6-17(14-18)28(33)35-2/h3-11,14-15,24,30H,12-13H2,1-2H3/b25-23+. The zero-order valence-corrected chi connectivity index (χ0v) is 20.1. The topological polar surface area (TPSA) is 112 Å². The third-order valence-corrected chi connectivity index (χ3v) is 6.24. The highest BCUT2D eigenvalue weighted by atomic mass is 16.6. The average molecular weight is 501 g/mol. The molecule has 3 aromatic carbocycles. The van der Waals surface area contributed by atoms with E-state index in [-0.39, 0.29) is 28.1 Å². The Morgan fingerprint density at radius 3 is 2.43 bits per heavy atom. The zero-order chi connectivity index (χ0) is 26.1. The summed E-state index contributed by atoms with van der Waals surface area (Å²) in [7, 11) is 2.73. The van der Waals surface area contributed by atoms with Crippen LogP contribution in [0.2, 0.25) is 0 Å². The van der Waals surface area contributed by atoms with Crippen LogP contribution in [0.25, 0.3) is 5.76 Å². The van der Waals surface area contributed by atoms with Crippen molar-refractivity contribution in [1.29, 1.82) is 0 Å². The molecule has 2 aliphatic rings. The smallest absolute Gasteiger partial charge is 0.337 e. The summed E-state index contributed by atoms with van der Waals surface area (Å²) in [5.41, 5.74) is 1.11. The number of ketones is 1. The van der Waals surface area contributed by atoms with Gasteiger partial charge in [-0.2, -0.15) is 0 Å². The molecule has 0 radical (unpaired) electrons. The summed E-state index contributed by atoms with van der Waals surface area (Å²) in [6.07, 6.45) is 0. The van der Waals surface area contributed by atoms with Gasteiger partial charge in [-0.15, -0.1) is 0 Å². The Kier molecular flexibility index (Phi) is 6.27. The highest BCUT2D eigenvalue weighted by molar-refractivity contribution is 6.51. The van der Waals surface area contributed by atoms with Gasteiger partial charge in [-0.25, -0.2) is 4.79 Å². The SMILES string of the molecule is COC(=O)c1cccc(N2C(=O)C(=O)/C(=C(/O)c3ccc4c(c3)OCCO4)C2c2ccccc2OC)c1. The van der Waals surface area contributed by atoms with Crippen LogP contribution in [0.1, 0.15) is 27.5 Å². The summed E-state index contributed by atoms with van der Waals surface area (Å²) >= 11 is 0. The number of rotatable bonds is 5. The number of methoxy groups -OCH3 is 2. The van der Waals surface area contributed by atoms with E-state index >= 15 is 0 Å². The Morgan fingerprint density at radius 2 is 1.68 bits per heavy atom. The molecule has 0 aliphatic carbocycles. The number of para-hydroxylation sites is 1. The second kappa shape index (κ2) is 9.69. The van der Waals surface area contributed by atoms with E-state index in [1.54, 1.807) is 60.7 Å². The molecule has 1 saturated heterocycles. The van der Waals surface area contributed by atoms with Gasteiger partial charge in [0, 0.05) is 16.8 Å². The molecule has 0 bridgehead atoms. The molecular weight excluding hydrogens is 478 g/mol. The van der Waals surface area contributed by atoms with Crippen molar-refractivity contribution in [2.45, 2.75) is 6.04 Å². The summed E-state index contributed by atoms with van der Waals surface area (Å²) in [5.74, 6) is -1.37. The zero-order valence-electron chi connectivity index (χ0n) is 20.1. The van der Waals surface area contributed by atoms with Gasteiger partial charge in [0.05, 0.1) is 31.4 Å². The van der Waals surface area contributed by atoms with Crippen LogP contribution in [0, 0.1) is 0 Å². The number of Topliss-reactive ketones (excluding diaryl/α,β-unsaturated/α-hetero) is 1. The molecule has 37 heavy (non-hydrogen) atoms. The molecule has 2 heterocycles. The number of esters is 1. The lowest BCUT2D eigenvalue weighted by molar-refractivity contribution is -0.132. The van der Waals surface area contributed by atoms with Gasteiger partial charge < -0.3 is 24.1 Å². The number of hydrogen-bond acceptors (Lipinski definition) is 8. The van der Waals surface area contributed by atoms with E-state index in [0.29, 0.717) is 36.0 Å². The van der Waals surface area contributed by atoms with Gasteiger partial charge in [0.25, 0.3) is 11.7 Å². The lowest BCUT2D eigenvalue weighted by Gasteiger charge is -2.27. The first-order valence-electron chi connectivity index (χ1n) is 11.5. The molecule has 1 unspecified atom stereocenters. The van der Waals surface area contributed by atoms with Gasteiger partial charge in [-0.1, -0.05) is 24.3 Å². The quantitative estimate of drug-likeness (QED) is 0.243. The van der Waals surface area contributed by atoms with Crippen LogP contribution >= 0.6 is 0 Å². The highest BCUT2D eigenvalue weighted by Gasteiger charge is 2.48. The first kappa shape index (κ1) is 23.9. The van der Waals surface area contributed by atoms with Crippen LogP contribution < -0.4 is 19.1 Å². The lowest BCUT2D eigenvalue weighted by Crippen LogP contribution is -2.29. The van der Waals surface area contributed by atoms with Crippen LogP contribution in [0.15, 0.2) is 72.3 Å². The number of benzene rings is 3. The Balaban J connectivity index is 1.72. The molecule has 5 rings (SSSR count). The fourth-order valence-electron chi connectivity index (χ4n) is 4.53. The minimum atomic E-state index is -1.04. The van der Waals surface area contributed by atoms with Crippen molar-refractivity contribution in [2.24, 2.45) is 0 Å². The number of carbonyl (C=O) groups excluding carboxylic acids is 3. The van der Waals surface area contributed by atoms with Crippen molar-refractivity contribution in [1.82, 2.24) is 0 Å².